The molecule has 0 atom stereocenters. The molecular weight excluding hydrogens is 391 g/mol. The van der Waals surface area contributed by atoms with Gasteiger partial charge in [0.05, 0.1) is 6.61 Å². The Bertz CT molecular complexity index is 890. The molecule has 1 aromatic heterocycles. The maximum Gasteiger partial charge on any atom is 0.244 e. The number of rotatable bonds is 13. The van der Waals surface area contributed by atoms with Crippen LogP contribution in [0, 0.1) is 11.7 Å². The number of halogens is 1. The van der Waals surface area contributed by atoms with Crippen LogP contribution >= 0.6 is 0 Å². The van der Waals surface area contributed by atoms with Gasteiger partial charge in [-0.3, -0.25) is 4.79 Å². The molecule has 5 heteroatoms. The fraction of sp³-hybridized carbons (Fsp3) is 0.462. The Morgan fingerprint density at radius 3 is 2.71 bits per heavy atom. The van der Waals surface area contributed by atoms with E-state index in [0.717, 1.165) is 43.1 Å². The largest absolute Gasteiger partial charge is 0.478 e. The predicted octanol–water partition coefficient (Wildman–Crippen LogP) is 6.37. The fourth-order valence-corrected chi connectivity index (χ4v) is 3.12. The highest BCUT2D eigenvalue weighted by Gasteiger charge is 2.04. The van der Waals surface area contributed by atoms with Gasteiger partial charge in [-0.1, -0.05) is 57.4 Å². The summed E-state index contributed by atoms with van der Waals surface area (Å²) in [5, 5.41) is 3.67. The van der Waals surface area contributed by atoms with Crippen molar-refractivity contribution in [3.8, 4) is 5.88 Å². The third-order valence-corrected chi connectivity index (χ3v) is 4.83. The fourth-order valence-electron chi connectivity index (χ4n) is 3.12. The van der Waals surface area contributed by atoms with Gasteiger partial charge < -0.3 is 10.1 Å². The molecule has 0 aliphatic carbocycles. The van der Waals surface area contributed by atoms with Crippen molar-refractivity contribution in [1.29, 1.82) is 0 Å². The molecule has 0 aliphatic heterocycles. The van der Waals surface area contributed by atoms with E-state index in [4.69, 9.17) is 4.74 Å². The van der Waals surface area contributed by atoms with Crippen LogP contribution in [0.1, 0.15) is 59.3 Å². The molecule has 0 fully saturated rings. The molecule has 168 valence electrons. The predicted molar refractivity (Wildman–Crippen MR) is 126 cm³/mol. The van der Waals surface area contributed by atoms with Crippen LogP contribution in [0.4, 0.5) is 4.39 Å². The third kappa shape index (κ3) is 9.77. The van der Waals surface area contributed by atoms with Crippen LogP contribution < -0.4 is 10.1 Å². The molecule has 1 amide bonds. The smallest absolute Gasteiger partial charge is 0.244 e. The number of para-hydroxylation sites is 1. The summed E-state index contributed by atoms with van der Waals surface area (Å²) in [7, 11) is 0. The number of unbranched alkanes of at least 4 members (excludes halogenated alkanes) is 5. The Kier molecular flexibility index (Phi) is 10.8. The Hall–Kier alpha value is -2.69. The highest BCUT2D eigenvalue weighted by atomic mass is 19.1. The normalized spacial score (nSPS) is 12.1. The van der Waals surface area contributed by atoms with Gasteiger partial charge in [0.2, 0.25) is 11.8 Å². The standard InChI is InChI=1S/C26H35FN2O2/c1-20(2)19-28-24(30)18-21(3)12-9-7-5-4-6-8-10-17-31-25-16-15-22-13-11-14-23(27)26(22)29-25/h9,11-16,18,20H,4-8,10,17,19H2,1-3H3,(H,28,30)/b12-9+,21-18+. The summed E-state index contributed by atoms with van der Waals surface area (Å²) < 4.78 is 19.5. The summed E-state index contributed by atoms with van der Waals surface area (Å²) in [4.78, 5) is 16.0. The first-order valence-electron chi connectivity index (χ1n) is 11.3. The Balaban J connectivity index is 1.53. The lowest BCUT2D eigenvalue weighted by Gasteiger charge is -2.06. The number of ether oxygens (including phenoxy) is 1. The monoisotopic (exact) mass is 426 g/mol. The number of fused-ring (bicyclic) bond motifs is 1. The van der Waals surface area contributed by atoms with Crippen molar-refractivity contribution in [2.45, 2.75) is 59.3 Å². The minimum Gasteiger partial charge on any atom is -0.478 e. The Labute approximate surface area is 185 Å². The average Bonchev–Trinajstić information content (AvgIpc) is 2.74. The maximum absolute atomic E-state index is 13.8. The van der Waals surface area contributed by atoms with E-state index in [1.54, 1.807) is 18.2 Å². The van der Waals surface area contributed by atoms with Crippen molar-refractivity contribution in [3.63, 3.8) is 0 Å². The number of aromatic nitrogens is 1. The zero-order chi connectivity index (χ0) is 22.5. The molecule has 0 saturated heterocycles. The van der Waals surface area contributed by atoms with E-state index in [1.165, 1.54) is 12.5 Å². The molecule has 0 aliphatic rings. The number of nitrogens with zero attached hydrogens (tertiary/aromatic N) is 1. The lowest BCUT2D eigenvalue weighted by molar-refractivity contribution is -0.116. The van der Waals surface area contributed by atoms with E-state index in [0.29, 0.717) is 30.5 Å². The van der Waals surface area contributed by atoms with Gasteiger partial charge in [-0.2, -0.15) is 0 Å². The van der Waals surface area contributed by atoms with Crippen LogP contribution in [0.2, 0.25) is 0 Å². The first-order chi connectivity index (χ1) is 15.0. The summed E-state index contributed by atoms with van der Waals surface area (Å²) in [5.74, 6) is 0.586. The third-order valence-electron chi connectivity index (χ3n) is 4.83. The number of nitrogens with one attached hydrogen (secondary N) is 1. The zero-order valence-electron chi connectivity index (χ0n) is 19.0. The quantitative estimate of drug-likeness (QED) is 0.230. The molecule has 1 aromatic carbocycles. The van der Waals surface area contributed by atoms with E-state index in [1.807, 2.05) is 25.1 Å². The van der Waals surface area contributed by atoms with Crippen LogP contribution in [-0.2, 0) is 4.79 Å². The first kappa shape index (κ1) is 24.6. The van der Waals surface area contributed by atoms with Crippen LogP contribution in [0.5, 0.6) is 5.88 Å². The summed E-state index contributed by atoms with van der Waals surface area (Å²) >= 11 is 0. The topological polar surface area (TPSA) is 51.2 Å². The van der Waals surface area contributed by atoms with Gasteiger partial charge in [0, 0.05) is 24.1 Å². The van der Waals surface area contributed by atoms with Gasteiger partial charge >= 0.3 is 0 Å². The lowest BCUT2D eigenvalue weighted by atomic mass is 10.1. The Morgan fingerprint density at radius 1 is 1.13 bits per heavy atom. The van der Waals surface area contributed by atoms with Crippen LogP contribution in [-0.4, -0.2) is 24.0 Å². The molecule has 31 heavy (non-hydrogen) atoms. The van der Waals surface area contributed by atoms with E-state index in [2.05, 4.69) is 30.2 Å². The molecule has 0 unspecified atom stereocenters. The number of benzene rings is 1. The minimum atomic E-state index is -0.322. The number of carbonyl (C=O) groups excluding carboxylic acids is 1. The van der Waals surface area contributed by atoms with Crippen molar-refractivity contribution < 1.29 is 13.9 Å². The molecule has 1 heterocycles. The summed E-state index contributed by atoms with van der Waals surface area (Å²) in [6.45, 7) is 7.40. The highest BCUT2D eigenvalue weighted by molar-refractivity contribution is 5.88. The first-order valence-corrected chi connectivity index (χ1v) is 11.3. The van der Waals surface area contributed by atoms with Crippen molar-refractivity contribution in [2.24, 2.45) is 5.92 Å². The molecule has 4 nitrogen and oxygen atoms in total. The minimum absolute atomic E-state index is 0.0258. The van der Waals surface area contributed by atoms with Crippen molar-refractivity contribution >= 4 is 16.8 Å². The van der Waals surface area contributed by atoms with E-state index in [-0.39, 0.29) is 11.7 Å². The molecule has 0 spiro atoms. The van der Waals surface area contributed by atoms with E-state index in [9.17, 15) is 9.18 Å². The van der Waals surface area contributed by atoms with Gasteiger partial charge in [0.15, 0.2) is 0 Å². The van der Waals surface area contributed by atoms with E-state index >= 15 is 0 Å². The summed E-state index contributed by atoms with van der Waals surface area (Å²) in [6.07, 6.45) is 12.3. The number of amides is 1. The highest BCUT2D eigenvalue weighted by Crippen LogP contribution is 2.19. The van der Waals surface area contributed by atoms with Crippen molar-refractivity contribution in [3.05, 3.63) is 60.0 Å². The van der Waals surface area contributed by atoms with Gasteiger partial charge in [-0.25, -0.2) is 9.37 Å². The lowest BCUT2D eigenvalue weighted by Crippen LogP contribution is -2.25. The van der Waals surface area contributed by atoms with Gasteiger partial charge in [-0.05, 0) is 49.8 Å². The van der Waals surface area contributed by atoms with Gasteiger partial charge in [0.1, 0.15) is 11.3 Å². The second-order valence-corrected chi connectivity index (χ2v) is 8.30. The van der Waals surface area contributed by atoms with Crippen molar-refractivity contribution in [2.75, 3.05) is 13.2 Å². The Morgan fingerprint density at radius 2 is 1.90 bits per heavy atom. The second kappa shape index (κ2) is 13.6. The van der Waals surface area contributed by atoms with Crippen LogP contribution in [0.25, 0.3) is 10.9 Å². The number of carbonyl (C=O) groups is 1. The molecule has 2 rings (SSSR count). The number of allylic oxidation sites excluding steroid dienone is 3. The number of hydrogen-bond donors (Lipinski definition) is 1. The molecule has 1 N–H and O–H groups in total. The summed E-state index contributed by atoms with van der Waals surface area (Å²) in [6, 6.07) is 8.56. The van der Waals surface area contributed by atoms with Crippen LogP contribution in [0.15, 0.2) is 54.1 Å². The van der Waals surface area contributed by atoms with Gasteiger partial charge in [-0.15, -0.1) is 0 Å². The molecular formula is C26H35FN2O2. The second-order valence-electron chi connectivity index (χ2n) is 8.30. The summed E-state index contributed by atoms with van der Waals surface area (Å²) in [5.41, 5.74) is 1.33. The molecule has 0 saturated carbocycles. The molecule has 0 radical (unpaired) electrons. The molecule has 0 bridgehead atoms. The SMILES string of the molecule is CC(/C=C/CCCCCCCOc1ccc2cccc(F)c2n1)=C\C(=O)NCC(C)C. The van der Waals surface area contributed by atoms with Crippen molar-refractivity contribution in [1.82, 2.24) is 10.3 Å². The maximum atomic E-state index is 13.8. The van der Waals surface area contributed by atoms with E-state index < -0.39 is 0 Å². The number of hydrogen-bond acceptors (Lipinski definition) is 3. The van der Waals surface area contributed by atoms with Gasteiger partial charge in [0.25, 0.3) is 0 Å². The zero-order valence-corrected chi connectivity index (χ0v) is 19.0. The number of pyridine rings is 1. The van der Waals surface area contributed by atoms with Crippen LogP contribution in [0.3, 0.4) is 0 Å². The average molecular weight is 427 g/mol. The molecule has 2 aromatic rings.